The summed E-state index contributed by atoms with van der Waals surface area (Å²) in [7, 11) is -2.36. The summed E-state index contributed by atoms with van der Waals surface area (Å²) in [5.74, 6) is -0.128. The number of ketones is 1. The van der Waals surface area contributed by atoms with Gasteiger partial charge in [-0.05, 0) is 59.7 Å². The number of carbonyl (C=O) groups is 1. The summed E-state index contributed by atoms with van der Waals surface area (Å²) in [5.41, 5.74) is 1.02. The molecule has 0 aliphatic rings. The molecule has 0 amide bonds. The van der Waals surface area contributed by atoms with E-state index in [2.05, 4.69) is 0 Å². The Morgan fingerprint density at radius 1 is 0.806 bits per heavy atom. The molecule has 0 spiro atoms. The minimum Gasteiger partial charge on any atom is -0.497 e. The molecule has 0 fully saturated rings. The Balaban J connectivity index is 1.79. The van der Waals surface area contributed by atoms with Crippen LogP contribution in [0.15, 0.2) is 72.8 Å². The third-order valence-electron chi connectivity index (χ3n) is 4.53. The average molecular weight is 479 g/mol. The molecule has 0 saturated carbocycles. The summed E-state index contributed by atoms with van der Waals surface area (Å²) in [6.07, 6.45) is 0. The van der Waals surface area contributed by atoms with Gasteiger partial charge in [0.25, 0.3) is 0 Å². The van der Waals surface area contributed by atoms with Crippen molar-refractivity contribution in [2.24, 2.45) is 0 Å². The van der Waals surface area contributed by atoms with Gasteiger partial charge in [0, 0.05) is 10.0 Å². The largest absolute Gasteiger partial charge is 0.497 e. The van der Waals surface area contributed by atoms with Crippen LogP contribution in [0.4, 0.5) is 0 Å². The summed E-state index contributed by atoms with van der Waals surface area (Å²) in [4.78, 5) is 12.5. The molecule has 0 heterocycles. The second-order valence-corrected chi connectivity index (χ2v) is 9.75. The zero-order valence-electron chi connectivity index (χ0n) is 16.6. The van der Waals surface area contributed by atoms with Crippen molar-refractivity contribution in [3.63, 3.8) is 0 Å². The van der Waals surface area contributed by atoms with E-state index in [1.807, 2.05) is 0 Å². The third-order valence-corrected chi connectivity index (χ3v) is 7.02. The van der Waals surface area contributed by atoms with Gasteiger partial charge in [0.2, 0.25) is 0 Å². The normalized spacial score (nSPS) is 11.4. The van der Waals surface area contributed by atoms with Gasteiger partial charge in [-0.2, -0.15) is 0 Å². The highest BCUT2D eigenvalue weighted by molar-refractivity contribution is 7.92. The lowest BCUT2D eigenvalue weighted by Crippen LogP contribution is -2.26. The van der Waals surface area contributed by atoms with E-state index in [9.17, 15) is 13.2 Å². The van der Waals surface area contributed by atoms with Gasteiger partial charge in [-0.3, -0.25) is 4.79 Å². The van der Waals surface area contributed by atoms with Crippen molar-refractivity contribution in [2.45, 2.75) is 5.25 Å². The van der Waals surface area contributed by atoms with E-state index in [4.69, 9.17) is 32.7 Å². The SMILES string of the molecule is COc1ccc(OCC(=O)CS(=O)(=O)C(c2ccc(Cl)cc2)c2ccc(Cl)cc2)cc1. The molecule has 5 nitrogen and oxygen atoms in total. The average Bonchev–Trinajstić information content (AvgIpc) is 2.75. The molecule has 8 heteroatoms. The van der Waals surface area contributed by atoms with Crippen LogP contribution in [-0.4, -0.2) is 33.7 Å². The zero-order chi connectivity index (χ0) is 22.4. The first-order chi connectivity index (χ1) is 14.8. The summed E-state index contributed by atoms with van der Waals surface area (Å²) >= 11 is 11.9. The summed E-state index contributed by atoms with van der Waals surface area (Å²) in [5, 5.41) is -0.0630. The third kappa shape index (κ3) is 6.23. The molecular weight excluding hydrogens is 459 g/mol. The highest BCUT2D eigenvalue weighted by Crippen LogP contribution is 2.32. The highest BCUT2D eigenvalue weighted by atomic mass is 35.5. The van der Waals surface area contributed by atoms with E-state index in [1.54, 1.807) is 79.9 Å². The Kier molecular flexibility index (Phi) is 7.59. The van der Waals surface area contributed by atoms with Gasteiger partial charge >= 0.3 is 0 Å². The molecule has 0 aromatic heterocycles. The predicted molar refractivity (Wildman–Crippen MR) is 122 cm³/mol. The maximum atomic E-state index is 13.2. The topological polar surface area (TPSA) is 69.7 Å². The molecular formula is C23H20Cl2O5S. The second-order valence-electron chi connectivity index (χ2n) is 6.79. The molecule has 0 aliphatic heterocycles. The fourth-order valence-electron chi connectivity index (χ4n) is 3.07. The number of Topliss-reactive ketones (excluding diaryl/α,β-unsaturated/α-hetero) is 1. The van der Waals surface area contributed by atoms with Crippen LogP contribution in [0.3, 0.4) is 0 Å². The number of hydrogen-bond acceptors (Lipinski definition) is 5. The van der Waals surface area contributed by atoms with Crippen molar-refractivity contribution in [2.75, 3.05) is 19.5 Å². The Labute approximate surface area is 191 Å². The van der Waals surface area contributed by atoms with Crippen LogP contribution in [-0.2, 0) is 14.6 Å². The van der Waals surface area contributed by atoms with Crippen molar-refractivity contribution in [3.05, 3.63) is 94.0 Å². The molecule has 0 radical (unpaired) electrons. The molecule has 3 aromatic rings. The lowest BCUT2D eigenvalue weighted by atomic mass is 10.0. The number of hydrogen-bond donors (Lipinski definition) is 0. The molecule has 162 valence electrons. The molecule has 0 unspecified atom stereocenters. The Bertz CT molecular complexity index is 1080. The van der Waals surface area contributed by atoms with Crippen molar-refractivity contribution in [3.8, 4) is 11.5 Å². The smallest absolute Gasteiger partial charge is 0.185 e. The highest BCUT2D eigenvalue weighted by Gasteiger charge is 2.31. The maximum Gasteiger partial charge on any atom is 0.185 e. The maximum absolute atomic E-state index is 13.2. The number of carbonyl (C=O) groups excluding carboxylic acids is 1. The predicted octanol–water partition coefficient (Wildman–Crippen LogP) is 5.15. The molecule has 3 aromatic carbocycles. The first-order valence-corrected chi connectivity index (χ1v) is 11.8. The van der Waals surface area contributed by atoms with Crippen LogP contribution in [0.5, 0.6) is 11.5 Å². The van der Waals surface area contributed by atoms with Crippen molar-refractivity contribution in [1.29, 1.82) is 0 Å². The monoisotopic (exact) mass is 478 g/mol. The first-order valence-electron chi connectivity index (χ1n) is 9.29. The summed E-state index contributed by atoms with van der Waals surface area (Å²) < 4.78 is 37.0. The van der Waals surface area contributed by atoms with Gasteiger partial charge < -0.3 is 9.47 Å². The van der Waals surface area contributed by atoms with E-state index in [0.29, 0.717) is 32.7 Å². The van der Waals surface area contributed by atoms with E-state index in [0.717, 1.165) is 0 Å². The zero-order valence-corrected chi connectivity index (χ0v) is 19.0. The number of ether oxygens (including phenoxy) is 2. The Morgan fingerprint density at radius 2 is 1.26 bits per heavy atom. The van der Waals surface area contributed by atoms with Crippen LogP contribution in [0.1, 0.15) is 16.4 Å². The molecule has 3 rings (SSSR count). The van der Waals surface area contributed by atoms with Gasteiger partial charge in [-0.15, -0.1) is 0 Å². The molecule has 0 aliphatic carbocycles. The summed E-state index contributed by atoms with van der Waals surface area (Å²) in [6.45, 7) is -0.362. The van der Waals surface area contributed by atoms with Crippen LogP contribution in [0, 0.1) is 0 Å². The lowest BCUT2D eigenvalue weighted by molar-refractivity contribution is -0.118. The first kappa shape index (κ1) is 23.1. The number of sulfone groups is 1. The van der Waals surface area contributed by atoms with Crippen LogP contribution in [0.2, 0.25) is 10.0 Å². The standard InChI is InChI=1S/C23H20Cl2O5S/c1-29-21-10-12-22(13-11-21)30-14-20(26)15-31(27,28)23(16-2-6-18(24)7-3-16)17-4-8-19(25)9-5-17/h2-13,23H,14-15H2,1H3. The lowest BCUT2D eigenvalue weighted by Gasteiger charge is -2.19. The number of halogens is 2. The van der Waals surface area contributed by atoms with Crippen molar-refractivity contribution < 1.29 is 22.7 Å². The van der Waals surface area contributed by atoms with E-state index < -0.39 is 26.6 Å². The molecule has 0 N–H and O–H groups in total. The van der Waals surface area contributed by atoms with Gasteiger partial charge in [0.05, 0.1) is 7.11 Å². The van der Waals surface area contributed by atoms with E-state index in [-0.39, 0.29) is 6.61 Å². The molecule has 0 atom stereocenters. The number of rotatable bonds is 9. The minimum absolute atomic E-state index is 0.362. The van der Waals surface area contributed by atoms with Gasteiger partial charge in [-0.25, -0.2) is 8.42 Å². The fourth-order valence-corrected chi connectivity index (χ4v) is 5.16. The van der Waals surface area contributed by atoms with Crippen LogP contribution < -0.4 is 9.47 Å². The van der Waals surface area contributed by atoms with Crippen LogP contribution in [0.25, 0.3) is 0 Å². The second kappa shape index (κ2) is 10.2. The van der Waals surface area contributed by atoms with Crippen molar-refractivity contribution in [1.82, 2.24) is 0 Å². The van der Waals surface area contributed by atoms with Crippen molar-refractivity contribution >= 4 is 38.8 Å². The molecule has 0 saturated heterocycles. The number of benzene rings is 3. The van der Waals surface area contributed by atoms with E-state index in [1.165, 1.54) is 0 Å². The number of methoxy groups -OCH3 is 1. The van der Waals surface area contributed by atoms with Gasteiger partial charge in [0.1, 0.15) is 29.1 Å². The van der Waals surface area contributed by atoms with Crippen LogP contribution >= 0.6 is 23.2 Å². The van der Waals surface area contributed by atoms with Gasteiger partial charge in [0.15, 0.2) is 15.6 Å². The Morgan fingerprint density at radius 3 is 1.71 bits per heavy atom. The van der Waals surface area contributed by atoms with E-state index >= 15 is 0 Å². The Hall–Kier alpha value is -2.54. The minimum atomic E-state index is -3.90. The fraction of sp³-hybridized carbons (Fsp3) is 0.174. The van der Waals surface area contributed by atoms with Gasteiger partial charge in [-0.1, -0.05) is 47.5 Å². The molecule has 0 bridgehead atoms. The summed E-state index contributed by atoms with van der Waals surface area (Å²) in [6, 6.07) is 19.7. The quantitative estimate of drug-likeness (QED) is 0.425. The molecule has 31 heavy (non-hydrogen) atoms.